The largest absolute Gasteiger partial charge is 0.299 e. The van der Waals surface area contributed by atoms with Crippen molar-refractivity contribution in [1.82, 2.24) is 9.78 Å². The first-order chi connectivity index (χ1) is 7.79. The summed E-state index contributed by atoms with van der Waals surface area (Å²) >= 11 is 0. The summed E-state index contributed by atoms with van der Waals surface area (Å²) in [6, 6.07) is 0. The van der Waals surface area contributed by atoms with Gasteiger partial charge in [-0.3, -0.25) is 9.89 Å². The van der Waals surface area contributed by atoms with E-state index in [4.69, 9.17) is 0 Å². The van der Waals surface area contributed by atoms with Gasteiger partial charge in [0.2, 0.25) is 0 Å². The lowest BCUT2D eigenvalue weighted by Crippen LogP contribution is -2.39. The van der Waals surface area contributed by atoms with Crippen molar-refractivity contribution in [2.24, 2.45) is 0 Å². The minimum atomic E-state index is -3.01. The summed E-state index contributed by atoms with van der Waals surface area (Å²) in [5.41, 5.74) is 0.886. The predicted molar refractivity (Wildman–Crippen MR) is 66.1 cm³/mol. The van der Waals surface area contributed by atoms with E-state index >= 15 is 0 Å². The van der Waals surface area contributed by atoms with Crippen LogP contribution < -0.4 is 5.56 Å². The summed E-state index contributed by atoms with van der Waals surface area (Å²) in [7, 11) is -3.01. The van der Waals surface area contributed by atoms with Gasteiger partial charge >= 0.3 is 0 Å². The van der Waals surface area contributed by atoms with Gasteiger partial charge in [0.05, 0.1) is 17.0 Å². The molecule has 1 fully saturated rings. The first-order valence-electron chi connectivity index (χ1n) is 5.80. The minimum Gasteiger partial charge on any atom is -0.299 e. The molecule has 6 heteroatoms. The Morgan fingerprint density at radius 1 is 1.47 bits per heavy atom. The van der Waals surface area contributed by atoms with Gasteiger partial charge in [0.15, 0.2) is 9.84 Å². The molecule has 1 aromatic heterocycles. The molecule has 0 saturated carbocycles. The number of aryl methyl sites for hydroxylation is 1. The second-order valence-corrected chi connectivity index (χ2v) is 7.23. The van der Waals surface area contributed by atoms with Crippen LogP contribution >= 0.6 is 0 Å². The van der Waals surface area contributed by atoms with E-state index in [0.717, 1.165) is 11.3 Å². The minimum absolute atomic E-state index is 0.0447. The molecule has 0 spiro atoms. The van der Waals surface area contributed by atoms with Gasteiger partial charge in [0.25, 0.3) is 5.56 Å². The highest BCUT2D eigenvalue weighted by Gasteiger charge is 2.41. The maximum atomic E-state index is 12.2. The van der Waals surface area contributed by atoms with Crippen molar-refractivity contribution in [3.8, 4) is 0 Å². The molecule has 0 bridgehead atoms. The number of nitrogens with one attached hydrogen (secondary N) is 1. The number of nitrogens with zero attached hydrogens (tertiary/aromatic N) is 1. The van der Waals surface area contributed by atoms with E-state index < -0.39 is 15.4 Å². The van der Waals surface area contributed by atoms with E-state index in [-0.39, 0.29) is 17.1 Å². The normalized spacial score (nSPS) is 27.5. The quantitative estimate of drug-likeness (QED) is 0.843. The van der Waals surface area contributed by atoms with Gasteiger partial charge in [-0.25, -0.2) is 13.1 Å². The summed E-state index contributed by atoms with van der Waals surface area (Å²) in [5, 5.41) is 3.02. The number of rotatable bonds is 2. The van der Waals surface area contributed by atoms with Crippen LogP contribution in [0.4, 0.5) is 0 Å². The standard InChI is InChI=1S/C11H18N2O3S/c1-4-9-8(2)12-13(10(9)14)11(3)5-6-17(15,16)7-11/h12H,4-7H2,1-3H3. The molecule has 1 N–H and O–H groups in total. The van der Waals surface area contributed by atoms with E-state index in [1.807, 2.05) is 20.8 Å². The van der Waals surface area contributed by atoms with Crippen molar-refractivity contribution < 1.29 is 8.42 Å². The number of H-pyrrole nitrogens is 1. The Labute approximate surface area is 101 Å². The van der Waals surface area contributed by atoms with Crippen molar-refractivity contribution in [2.75, 3.05) is 11.5 Å². The molecule has 1 unspecified atom stereocenters. The lowest BCUT2D eigenvalue weighted by molar-refractivity contribution is 0.318. The molecule has 17 heavy (non-hydrogen) atoms. The van der Waals surface area contributed by atoms with Gasteiger partial charge < -0.3 is 0 Å². The second kappa shape index (κ2) is 3.73. The summed E-state index contributed by atoms with van der Waals surface area (Å²) in [5.74, 6) is 0.207. The van der Waals surface area contributed by atoms with E-state index in [9.17, 15) is 13.2 Å². The van der Waals surface area contributed by atoms with Crippen LogP contribution in [0.1, 0.15) is 31.5 Å². The van der Waals surface area contributed by atoms with Crippen molar-refractivity contribution in [2.45, 2.75) is 39.2 Å². The second-order valence-electron chi connectivity index (χ2n) is 5.05. The van der Waals surface area contributed by atoms with Gasteiger partial charge in [-0.05, 0) is 26.7 Å². The Bertz CT molecular complexity index is 597. The zero-order chi connectivity index (χ0) is 12.8. The Kier molecular flexibility index (Phi) is 2.72. The predicted octanol–water partition coefficient (Wildman–Crippen LogP) is 0.581. The van der Waals surface area contributed by atoms with Crippen molar-refractivity contribution in [1.29, 1.82) is 0 Å². The SMILES string of the molecule is CCc1c(C)[nH]n(C2(C)CCS(=O)(=O)C2)c1=O. The maximum Gasteiger partial charge on any atom is 0.270 e. The molecule has 0 aliphatic carbocycles. The highest BCUT2D eigenvalue weighted by Crippen LogP contribution is 2.29. The Balaban J connectivity index is 2.53. The molecule has 0 aromatic carbocycles. The molecule has 5 nitrogen and oxygen atoms in total. The average molecular weight is 258 g/mol. The van der Waals surface area contributed by atoms with E-state index in [2.05, 4.69) is 5.10 Å². The highest BCUT2D eigenvalue weighted by molar-refractivity contribution is 7.91. The number of aromatic nitrogens is 2. The third kappa shape index (κ3) is 1.94. The molecule has 1 atom stereocenters. The molecule has 1 aliphatic heterocycles. The molecule has 96 valence electrons. The fourth-order valence-electron chi connectivity index (χ4n) is 2.55. The average Bonchev–Trinajstić information content (AvgIpc) is 2.66. The van der Waals surface area contributed by atoms with Gasteiger partial charge in [-0.1, -0.05) is 6.92 Å². The van der Waals surface area contributed by atoms with Gasteiger partial charge in [-0.2, -0.15) is 0 Å². The Morgan fingerprint density at radius 2 is 2.12 bits per heavy atom. The third-order valence-corrected chi connectivity index (χ3v) is 5.46. The fraction of sp³-hybridized carbons (Fsp3) is 0.727. The first-order valence-corrected chi connectivity index (χ1v) is 7.62. The number of sulfone groups is 1. The molecular formula is C11H18N2O3S. The fourth-order valence-corrected chi connectivity index (χ4v) is 4.66. The van der Waals surface area contributed by atoms with Crippen LogP contribution in [0.15, 0.2) is 4.79 Å². The van der Waals surface area contributed by atoms with E-state index in [1.165, 1.54) is 4.68 Å². The summed E-state index contributed by atoms with van der Waals surface area (Å²) in [6.07, 6.45) is 1.16. The van der Waals surface area contributed by atoms with E-state index in [1.54, 1.807) is 0 Å². The zero-order valence-corrected chi connectivity index (χ0v) is 11.2. The van der Waals surface area contributed by atoms with Crippen molar-refractivity contribution in [3.05, 3.63) is 21.6 Å². The van der Waals surface area contributed by atoms with Crippen molar-refractivity contribution >= 4 is 9.84 Å². The summed E-state index contributed by atoms with van der Waals surface area (Å²) < 4.78 is 24.6. The zero-order valence-electron chi connectivity index (χ0n) is 10.4. The Hall–Kier alpha value is -1.04. The van der Waals surface area contributed by atoms with Gasteiger partial charge in [-0.15, -0.1) is 0 Å². The van der Waals surface area contributed by atoms with Crippen LogP contribution in [-0.4, -0.2) is 29.7 Å². The lowest BCUT2D eigenvalue weighted by atomic mass is 10.0. The molecule has 0 radical (unpaired) electrons. The molecule has 2 heterocycles. The van der Waals surface area contributed by atoms with Crippen LogP contribution in [0.25, 0.3) is 0 Å². The molecular weight excluding hydrogens is 240 g/mol. The smallest absolute Gasteiger partial charge is 0.270 e. The molecule has 1 saturated heterocycles. The summed E-state index contributed by atoms with van der Waals surface area (Å²) in [4.78, 5) is 12.2. The van der Waals surface area contributed by atoms with Crippen LogP contribution in [0, 0.1) is 6.92 Å². The number of aromatic amines is 1. The molecule has 1 aliphatic rings. The highest BCUT2D eigenvalue weighted by atomic mass is 32.2. The molecule has 2 rings (SSSR count). The number of hydrogen-bond donors (Lipinski definition) is 1. The van der Waals surface area contributed by atoms with Gasteiger partial charge in [0.1, 0.15) is 0 Å². The van der Waals surface area contributed by atoms with Crippen LogP contribution in [0.2, 0.25) is 0 Å². The Morgan fingerprint density at radius 3 is 2.53 bits per heavy atom. The van der Waals surface area contributed by atoms with Gasteiger partial charge in [0, 0.05) is 11.3 Å². The van der Waals surface area contributed by atoms with E-state index in [0.29, 0.717) is 12.8 Å². The first kappa shape index (κ1) is 12.4. The number of hydrogen-bond acceptors (Lipinski definition) is 3. The monoisotopic (exact) mass is 258 g/mol. The molecule has 0 amide bonds. The van der Waals surface area contributed by atoms with Crippen LogP contribution in [-0.2, 0) is 21.8 Å². The summed E-state index contributed by atoms with van der Waals surface area (Å²) in [6.45, 7) is 5.60. The van der Waals surface area contributed by atoms with Crippen LogP contribution in [0.5, 0.6) is 0 Å². The molecule has 1 aromatic rings. The third-order valence-electron chi connectivity index (χ3n) is 3.57. The lowest BCUT2D eigenvalue weighted by Gasteiger charge is -2.22. The maximum absolute atomic E-state index is 12.2. The van der Waals surface area contributed by atoms with Crippen molar-refractivity contribution in [3.63, 3.8) is 0 Å². The van der Waals surface area contributed by atoms with Crippen LogP contribution in [0.3, 0.4) is 0 Å². The topological polar surface area (TPSA) is 71.9 Å².